The van der Waals surface area contributed by atoms with Crippen LogP contribution < -0.4 is 5.32 Å². The van der Waals surface area contributed by atoms with Gasteiger partial charge in [-0.1, -0.05) is 0 Å². The summed E-state index contributed by atoms with van der Waals surface area (Å²) in [6.07, 6.45) is -1.40. The molecular formula is C17H19F3N2O3. The normalized spacial score (nSPS) is 15.0. The number of aliphatic carboxylic acids is 1. The Kier molecular flexibility index (Phi) is 6.06. The number of hydrogen-bond acceptors (Lipinski definition) is 4. The van der Waals surface area contributed by atoms with E-state index < -0.39 is 17.7 Å². The van der Waals surface area contributed by atoms with Gasteiger partial charge in [-0.15, -0.1) is 0 Å². The Balaban J connectivity index is 2.21. The minimum absolute atomic E-state index is 0.0794. The summed E-state index contributed by atoms with van der Waals surface area (Å²) in [4.78, 5) is 14.5. The number of halogens is 3. The van der Waals surface area contributed by atoms with Crippen molar-refractivity contribution in [2.45, 2.75) is 31.9 Å². The van der Waals surface area contributed by atoms with E-state index in [4.69, 9.17) is 9.84 Å². The molecule has 0 unspecified atom stereocenters. The van der Waals surface area contributed by atoms with Gasteiger partial charge in [0.2, 0.25) is 0 Å². The van der Waals surface area contributed by atoms with E-state index in [1.54, 1.807) is 19.2 Å². The number of carboxylic acid groups (broad SMARTS) is 1. The standard InChI is InChI=1S/C17H19F3N2O3/c1-21-15-7-4-11(10-22-15)13-6-5-12(9-14(13)17(18,19)20)25-8-2-3-16(23)24/h4,7,9-10H,2-3,5-6,8H2,1H3,(H,21,22)(H,23,24). The molecule has 2 N–H and O–H groups in total. The fourth-order valence-corrected chi connectivity index (χ4v) is 2.52. The van der Waals surface area contributed by atoms with E-state index >= 15 is 0 Å². The van der Waals surface area contributed by atoms with Crippen LogP contribution in [-0.4, -0.2) is 35.9 Å². The summed E-state index contributed by atoms with van der Waals surface area (Å²) >= 11 is 0. The molecule has 0 bridgehead atoms. The van der Waals surface area contributed by atoms with Crippen LogP contribution in [0.15, 0.2) is 35.7 Å². The fourth-order valence-electron chi connectivity index (χ4n) is 2.52. The highest BCUT2D eigenvalue weighted by atomic mass is 19.4. The molecule has 2 rings (SSSR count). The van der Waals surface area contributed by atoms with Gasteiger partial charge in [0.15, 0.2) is 0 Å². The molecule has 8 heteroatoms. The van der Waals surface area contributed by atoms with Crippen molar-refractivity contribution in [1.29, 1.82) is 0 Å². The van der Waals surface area contributed by atoms with Gasteiger partial charge in [-0.2, -0.15) is 13.2 Å². The zero-order valence-electron chi connectivity index (χ0n) is 13.7. The lowest BCUT2D eigenvalue weighted by atomic mass is 9.91. The second-order valence-corrected chi connectivity index (χ2v) is 5.53. The SMILES string of the molecule is CNc1ccc(C2=C(C(F)(F)F)C=C(OCCCC(=O)O)CC2)cn1. The first-order chi connectivity index (χ1) is 11.8. The van der Waals surface area contributed by atoms with Crippen molar-refractivity contribution < 1.29 is 27.8 Å². The Morgan fingerprint density at radius 3 is 2.68 bits per heavy atom. The zero-order chi connectivity index (χ0) is 18.4. The highest BCUT2D eigenvalue weighted by Gasteiger charge is 2.37. The number of ether oxygens (including phenoxy) is 1. The molecule has 1 aromatic heterocycles. The van der Waals surface area contributed by atoms with Crippen LogP contribution in [0, 0.1) is 0 Å². The first-order valence-corrected chi connectivity index (χ1v) is 7.81. The number of nitrogens with zero attached hydrogens (tertiary/aromatic N) is 1. The molecule has 0 atom stereocenters. The molecule has 1 heterocycles. The number of pyridine rings is 1. The molecule has 1 aliphatic rings. The molecule has 0 radical (unpaired) electrons. The minimum atomic E-state index is -4.51. The lowest BCUT2D eigenvalue weighted by Crippen LogP contribution is -2.16. The third-order valence-electron chi connectivity index (χ3n) is 3.75. The van der Waals surface area contributed by atoms with E-state index in [1.807, 2.05) is 0 Å². The molecule has 0 aromatic carbocycles. The van der Waals surface area contributed by atoms with E-state index in [0.717, 1.165) is 6.08 Å². The van der Waals surface area contributed by atoms with Gasteiger partial charge >= 0.3 is 12.1 Å². The second-order valence-electron chi connectivity index (χ2n) is 5.53. The predicted molar refractivity (Wildman–Crippen MR) is 86.9 cm³/mol. The van der Waals surface area contributed by atoms with Crippen LogP contribution >= 0.6 is 0 Å². The fraction of sp³-hybridized carbons (Fsp3) is 0.412. The molecule has 0 spiro atoms. The monoisotopic (exact) mass is 356 g/mol. The van der Waals surface area contributed by atoms with Crippen molar-refractivity contribution in [3.8, 4) is 0 Å². The van der Waals surface area contributed by atoms with E-state index in [1.165, 1.54) is 6.20 Å². The van der Waals surface area contributed by atoms with Crippen LogP contribution in [0.4, 0.5) is 19.0 Å². The first kappa shape index (κ1) is 18.8. The number of carboxylic acids is 1. The summed E-state index contributed by atoms with van der Waals surface area (Å²) in [6, 6.07) is 3.23. The van der Waals surface area contributed by atoms with Gasteiger partial charge in [0, 0.05) is 26.1 Å². The molecule has 0 aliphatic heterocycles. The second kappa shape index (κ2) is 8.04. The molecule has 0 saturated heterocycles. The smallest absolute Gasteiger partial charge is 0.416 e. The Morgan fingerprint density at radius 2 is 2.12 bits per heavy atom. The van der Waals surface area contributed by atoms with Gasteiger partial charge in [-0.25, -0.2) is 4.98 Å². The van der Waals surface area contributed by atoms with Crippen molar-refractivity contribution >= 4 is 17.4 Å². The summed E-state index contributed by atoms with van der Waals surface area (Å²) in [5.74, 6) is -0.162. The van der Waals surface area contributed by atoms with Crippen molar-refractivity contribution in [1.82, 2.24) is 4.98 Å². The van der Waals surface area contributed by atoms with E-state index in [9.17, 15) is 18.0 Å². The summed E-state index contributed by atoms with van der Waals surface area (Å²) in [5.41, 5.74) is -0.140. The van der Waals surface area contributed by atoms with E-state index in [-0.39, 0.29) is 37.2 Å². The van der Waals surface area contributed by atoms with Crippen molar-refractivity contribution in [2.75, 3.05) is 19.0 Å². The Morgan fingerprint density at radius 1 is 1.36 bits per heavy atom. The minimum Gasteiger partial charge on any atom is -0.498 e. The molecule has 136 valence electrons. The average molecular weight is 356 g/mol. The van der Waals surface area contributed by atoms with Gasteiger partial charge in [-0.05, 0) is 42.2 Å². The molecule has 0 fully saturated rings. The van der Waals surface area contributed by atoms with E-state index in [2.05, 4.69) is 10.3 Å². The van der Waals surface area contributed by atoms with Crippen molar-refractivity contribution in [3.63, 3.8) is 0 Å². The third kappa shape index (κ3) is 5.23. The molecule has 25 heavy (non-hydrogen) atoms. The van der Waals surface area contributed by atoms with Gasteiger partial charge < -0.3 is 15.2 Å². The number of alkyl halides is 3. The largest absolute Gasteiger partial charge is 0.498 e. The highest BCUT2D eigenvalue weighted by Crippen LogP contribution is 2.40. The average Bonchev–Trinajstić information content (AvgIpc) is 2.58. The number of hydrogen-bond donors (Lipinski definition) is 2. The number of allylic oxidation sites excluding steroid dienone is 4. The summed E-state index contributed by atoms with van der Waals surface area (Å²) in [5, 5.41) is 11.4. The highest BCUT2D eigenvalue weighted by molar-refractivity contribution is 5.73. The Bertz CT molecular complexity index is 679. The third-order valence-corrected chi connectivity index (χ3v) is 3.75. The van der Waals surface area contributed by atoms with Gasteiger partial charge in [0.05, 0.1) is 17.9 Å². The molecule has 5 nitrogen and oxygen atoms in total. The van der Waals surface area contributed by atoms with Crippen LogP contribution in [0.25, 0.3) is 5.57 Å². The number of aromatic nitrogens is 1. The molecule has 0 amide bonds. The van der Waals surface area contributed by atoms with Gasteiger partial charge in [0.25, 0.3) is 0 Å². The van der Waals surface area contributed by atoms with Crippen LogP contribution in [0.2, 0.25) is 0 Å². The Hall–Kier alpha value is -2.51. The number of carbonyl (C=O) groups is 1. The molecule has 0 saturated carbocycles. The molecule has 1 aromatic rings. The molecular weight excluding hydrogens is 337 g/mol. The first-order valence-electron chi connectivity index (χ1n) is 7.81. The number of nitrogens with one attached hydrogen (secondary N) is 1. The lowest BCUT2D eigenvalue weighted by molar-refractivity contribution is -0.137. The van der Waals surface area contributed by atoms with Crippen LogP contribution in [0.5, 0.6) is 0 Å². The quantitative estimate of drug-likeness (QED) is 0.723. The summed E-state index contributed by atoms with van der Waals surface area (Å²) in [7, 11) is 1.68. The molecule has 1 aliphatic carbocycles. The topological polar surface area (TPSA) is 71.5 Å². The number of rotatable bonds is 7. The maximum absolute atomic E-state index is 13.4. The number of anilines is 1. The predicted octanol–water partition coefficient (Wildman–Crippen LogP) is 4.00. The maximum atomic E-state index is 13.4. The van der Waals surface area contributed by atoms with Gasteiger partial charge in [0.1, 0.15) is 5.82 Å². The summed E-state index contributed by atoms with van der Waals surface area (Å²) in [6.45, 7) is 0.0804. The van der Waals surface area contributed by atoms with Crippen molar-refractivity contribution in [3.05, 3.63) is 41.3 Å². The van der Waals surface area contributed by atoms with Crippen LogP contribution in [0.1, 0.15) is 31.2 Å². The van der Waals surface area contributed by atoms with Gasteiger partial charge in [-0.3, -0.25) is 4.79 Å². The van der Waals surface area contributed by atoms with Crippen LogP contribution in [-0.2, 0) is 9.53 Å². The Labute approximate surface area is 143 Å². The van der Waals surface area contributed by atoms with E-state index in [0.29, 0.717) is 17.8 Å². The zero-order valence-corrected chi connectivity index (χ0v) is 13.7. The summed E-state index contributed by atoms with van der Waals surface area (Å²) < 4.78 is 45.6. The van der Waals surface area contributed by atoms with Crippen molar-refractivity contribution in [2.24, 2.45) is 0 Å². The lowest BCUT2D eigenvalue weighted by Gasteiger charge is -2.22. The maximum Gasteiger partial charge on any atom is 0.416 e. The van der Waals surface area contributed by atoms with Crippen LogP contribution in [0.3, 0.4) is 0 Å².